The summed E-state index contributed by atoms with van der Waals surface area (Å²) in [6.07, 6.45) is 1.54. The van der Waals surface area contributed by atoms with Crippen LogP contribution in [0.5, 0.6) is 0 Å². The van der Waals surface area contributed by atoms with E-state index in [1.54, 1.807) is 6.08 Å². The summed E-state index contributed by atoms with van der Waals surface area (Å²) in [6.45, 7) is 1.29. The zero-order valence-corrected chi connectivity index (χ0v) is 9.43. The third kappa shape index (κ3) is 2.64. The lowest BCUT2D eigenvalue weighted by molar-refractivity contribution is -0.142. The van der Waals surface area contributed by atoms with Crippen molar-refractivity contribution in [2.24, 2.45) is 0 Å². The third-order valence-corrected chi connectivity index (χ3v) is 2.47. The molecule has 0 bridgehead atoms. The van der Waals surface area contributed by atoms with Gasteiger partial charge in [0.15, 0.2) is 0 Å². The van der Waals surface area contributed by atoms with E-state index in [0.717, 1.165) is 17.8 Å². The van der Waals surface area contributed by atoms with Gasteiger partial charge in [0.2, 0.25) is 6.10 Å². The Labute approximate surface area is 99.5 Å². The van der Waals surface area contributed by atoms with E-state index in [-0.39, 0.29) is 0 Å². The van der Waals surface area contributed by atoms with Gasteiger partial charge in [0, 0.05) is 24.7 Å². The number of allylic oxidation sites excluding steroid dienone is 1. The topological polar surface area (TPSA) is 62.1 Å². The van der Waals surface area contributed by atoms with Gasteiger partial charge in [0.25, 0.3) is 0 Å². The molecule has 0 saturated heterocycles. The minimum Gasteiger partial charge on any atom is -0.443 e. The van der Waals surface area contributed by atoms with Gasteiger partial charge >= 0.3 is 5.97 Å². The standard InChI is InChI=1S/C13H12N2O2/c1-9(16)17-12(8-14)7-11-6-10-4-2-3-5-13(10)15-11/h2-5,7,12,15H,6H2,1H3/b11-7+. The van der Waals surface area contributed by atoms with E-state index in [9.17, 15) is 4.79 Å². The van der Waals surface area contributed by atoms with Gasteiger partial charge in [0.1, 0.15) is 6.07 Å². The number of hydrogen-bond acceptors (Lipinski definition) is 4. The van der Waals surface area contributed by atoms with Crippen LogP contribution in [0.15, 0.2) is 36.0 Å². The molecule has 1 aromatic rings. The molecule has 1 unspecified atom stereocenters. The smallest absolute Gasteiger partial charge is 0.304 e. The zero-order valence-electron chi connectivity index (χ0n) is 9.43. The molecular weight excluding hydrogens is 216 g/mol. The summed E-state index contributed by atoms with van der Waals surface area (Å²) in [5.41, 5.74) is 3.11. The maximum atomic E-state index is 10.8. The average molecular weight is 228 g/mol. The number of ether oxygens (including phenoxy) is 1. The van der Waals surface area contributed by atoms with E-state index >= 15 is 0 Å². The molecule has 0 radical (unpaired) electrons. The van der Waals surface area contributed by atoms with Crippen LogP contribution in [-0.4, -0.2) is 12.1 Å². The predicted molar refractivity (Wildman–Crippen MR) is 63.0 cm³/mol. The Morgan fingerprint density at radius 3 is 3.00 bits per heavy atom. The van der Waals surface area contributed by atoms with Crippen molar-refractivity contribution in [1.29, 1.82) is 5.26 Å². The predicted octanol–water partition coefficient (Wildman–Crippen LogP) is 1.99. The van der Waals surface area contributed by atoms with Crippen molar-refractivity contribution >= 4 is 11.7 Å². The second-order valence-electron chi connectivity index (χ2n) is 3.81. The normalized spacial score (nSPS) is 16.8. The van der Waals surface area contributed by atoms with Crippen molar-refractivity contribution in [3.05, 3.63) is 41.6 Å². The molecule has 1 N–H and O–H groups in total. The van der Waals surface area contributed by atoms with Crippen molar-refractivity contribution in [1.82, 2.24) is 0 Å². The molecule has 0 aliphatic carbocycles. The fourth-order valence-electron chi connectivity index (χ4n) is 1.78. The van der Waals surface area contributed by atoms with Gasteiger partial charge in [-0.1, -0.05) is 18.2 Å². The Hall–Kier alpha value is -2.28. The maximum absolute atomic E-state index is 10.8. The maximum Gasteiger partial charge on any atom is 0.304 e. The molecule has 2 rings (SSSR count). The van der Waals surface area contributed by atoms with E-state index < -0.39 is 12.1 Å². The van der Waals surface area contributed by atoms with Gasteiger partial charge in [-0.2, -0.15) is 5.26 Å². The Morgan fingerprint density at radius 2 is 2.35 bits per heavy atom. The summed E-state index contributed by atoms with van der Waals surface area (Å²) in [7, 11) is 0. The lowest BCUT2D eigenvalue weighted by atomic mass is 10.1. The number of para-hydroxylation sites is 1. The second kappa shape index (κ2) is 4.71. The van der Waals surface area contributed by atoms with Crippen LogP contribution < -0.4 is 5.32 Å². The Balaban J connectivity index is 2.11. The molecule has 1 aliphatic heterocycles. The average Bonchev–Trinajstić information content (AvgIpc) is 2.69. The molecule has 0 spiro atoms. The number of nitrogens with one attached hydrogen (secondary N) is 1. The molecule has 1 heterocycles. The highest BCUT2D eigenvalue weighted by molar-refractivity contribution is 5.67. The molecule has 86 valence electrons. The van der Waals surface area contributed by atoms with Crippen LogP contribution in [0.1, 0.15) is 12.5 Å². The summed E-state index contributed by atoms with van der Waals surface area (Å²) in [5, 5.41) is 12.0. The van der Waals surface area contributed by atoms with E-state index in [1.165, 1.54) is 12.5 Å². The first kappa shape index (κ1) is 11.2. The molecule has 17 heavy (non-hydrogen) atoms. The number of hydrogen-bond donors (Lipinski definition) is 1. The minimum absolute atomic E-state index is 0.455. The highest BCUT2D eigenvalue weighted by atomic mass is 16.5. The van der Waals surface area contributed by atoms with Crippen LogP contribution in [0, 0.1) is 11.3 Å². The number of rotatable bonds is 2. The first-order chi connectivity index (χ1) is 8.19. The fraction of sp³-hybridized carbons (Fsp3) is 0.231. The third-order valence-electron chi connectivity index (χ3n) is 2.47. The lowest BCUT2D eigenvalue weighted by Gasteiger charge is -2.06. The van der Waals surface area contributed by atoms with E-state index in [1.807, 2.05) is 30.3 Å². The molecule has 1 aliphatic rings. The number of esters is 1. The number of nitrogens with zero attached hydrogens (tertiary/aromatic N) is 1. The van der Waals surface area contributed by atoms with Crippen molar-refractivity contribution in [3.8, 4) is 6.07 Å². The van der Waals surface area contributed by atoms with Gasteiger partial charge in [-0.15, -0.1) is 0 Å². The molecule has 4 nitrogen and oxygen atoms in total. The van der Waals surface area contributed by atoms with Crippen LogP contribution in [0.2, 0.25) is 0 Å². The van der Waals surface area contributed by atoms with Crippen molar-refractivity contribution in [2.45, 2.75) is 19.4 Å². The molecule has 1 atom stereocenters. The van der Waals surface area contributed by atoms with Gasteiger partial charge in [-0.3, -0.25) is 4.79 Å². The summed E-state index contributed by atoms with van der Waals surface area (Å²) in [6, 6.07) is 9.84. The van der Waals surface area contributed by atoms with Crippen LogP contribution in [0.25, 0.3) is 0 Å². The number of benzene rings is 1. The highest BCUT2D eigenvalue weighted by Crippen LogP contribution is 2.27. The molecule has 4 heteroatoms. The van der Waals surface area contributed by atoms with Gasteiger partial charge < -0.3 is 10.1 Å². The number of anilines is 1. The Morgan fingerprint density at radius 1 is 1.59 bits per heavy atom. The van der Waals surface area contributed by atoms with Crippen molar-refractivity contribution in [2.75, 3.05) is 5.32 Å². The van der Waals surface area contributed by atoms with E-state index in [2.05, 4.69) is 5.32 Å². The lowest BCUT2D eigenvalue weighted by Crippen LogP contribution is -2.13. The van der Waals surface area contributed by atoms with Gasteiger partial charge in [-0.05, 0) is 17.7 Å². The van der Waals surface area contributed by atoms with Gasteiger partial charge in [0.05, 0.1) is 0 Å². The van der Waals surface area contributed by atoms with Crippen LogP contribution >= 0.6 is 0 Å². The molecule has 0 amide bonds. The SMILES string of the molecule is CC(=O)OC(C#N)/C=C1\Cc2ccccc2N1. The number of carbonyl (C=O) groups is 1. The summed E-state index contributed by atoms with van der Waals surface area (Å²) in [5.74, 6) is -0.455. The van der Waals surface area contributed by atoms with E-state index in [4.69, 9.17) is 10.00 Å². The van der Waals surface area contributed by atoms with Crippen molar-refractivity contribution in [3.63, 3.8) is 0 Å². The van der Waals surface area contributed by atoms with Gasteiger partial charge in [-0.25, -0.2) is 0 Å². The highest BCUT2D eigenvalue weighted by Gasteiger charge is 2.16. The number of nitriles is 1. The first-order valence-corrected chi connectivity index (χ1v) is 5.31. The first-order valence-electron chi connectivity index (χ1n) is 5.31. The fourth-order valence-corrected chi connectivity index (χ4v) is 1.78. The molecule has 0 fully saturated rings. The number of carbonyl (C=O) groups excluding carboxylic acids is 1. The Bertz CT molecular complexity index is 487. The zero-order chi connectivity index (χ0) is 12.3. The quantitative estimate of drug-likeness (QED) is 0.786. The summed E-state index contributed by atoms with van der Waals surface area (Å²) >= 11 is 0. The molecule has 0 saturated carbocycles. The molecule has 1 aromatic carbocycles. The second-order valence-corrected chi connectivity index (χ2v) is 3.81. The van der Waals surface area contributed by atoms with E-state index in [0.29, 0.717) is 0 Å². The van der Waals surface area contributed by atoms with Crippen molar-refractivity contribution < 1.29 is 9.53 Å². The largest absolute Gasteiger partial charge is 0.443 e. The minimum atomic E-state index is -0.829. The van der Waals surface area contributed by atoms with Crippen LogP contribution in [-0.2, 0) is 16.0 Å². The monoisotopic (exact) mass is 228 g/mol. The van der Waals surface area contributed by atoms with Crippen LogP contribution in [0.3, 0.4) is 0 Å². The summed E-state index contributed by atoms with van der Waals surface area (Å²) in [4.78, 5) is 10.8. The van der Waals surface area contributed by atoms with Crippen LogP contribution in [0.4, 0.5) is 5.69 Å². The molecular formula is C13H12N2O2. The number of fused-ring (bicyclic) bond motifs is 1. The summed E-state index contributed by atoms with van der Waals surface area (Å²) < 4.78 is 4.84. The molecule has 0 aromatic heterocycles. The Kier molecular flexibility index (Phi) is 3.10.